The van der Waals surface area contributed by atoms with Crippen molar-refractivity contribution in [2.24, 2.45) is 11.3 Å². The quantitative estimate of drug-likeness (QED) is 0.619. The molecular formula is C16H33NO2. The topological polar surface area (TPSA) is 30.5 Å². The van der Waals surface area contributed by atoms with Crippen LogP contribution >= 0.6 is 0 Å². The molecule has 3 heteroatoms. The average Bonchev–Trinajstić information content (AvgIpc) is 2.39. The van der Waals surface area contributed by atoms with Crippen molar-refractivity contribution < 1.29 is 9.47 Å². The van der Waals surface area contributed by atoms with E-state index >= 15 is 0 Å². The van der Waals surface area contributed by atoms with Crippen molar-refractivity contribution in [3.63, 3.8) is 0 Å². The molecule has 0 atom stereocenters. The fourth-order valence-corrected chi connectivity index (χ4v) is 2.98. The Kier molecular flexibility index (Phi) is 8.67. The zero-order valence-electron chi connectivity index (χ0n) is 13.2. The highest BCUT2D eigenvalue weighted by molar-refractivity contribution is 4.85. The second-order valence-electron chi connectivity index (χ2n) is 6.44. The first kappa shape index (κ1) is 16.9. The molecule has 0 aromatic heterocycles. The molecule has 19 heavy (non-hydrogen) atoms. The van der Waals surface area contributed by atoms with Crippen LogP contribution in [-0.2, 0) is 9.47 Å². The Morgan fingerprint density at radius 3 is 2.42 bits per heavy atom. The number of nitrogens with one attached hydrogen (secondary N) is 1. The predicted molar refractivity (Wildman–Crippen MR) is 80.5 cm³/mol. The summed E-state index contributed by atoms with van der Waals surface area (Å²) in [7, 11) is 1.72. The van der Waals surface area contributed by atoms with Crippen molar-refractivity contribution in [3.05, 3.63) is 0 Å². The third-order valence-corrected chi connectivity index (χ3v) is 4.18. The van der Waals surface area contributed by atoms with Crippen molar-refractivity contribution in [1.82, 2.24) is 5.32 Å². The van der Waals surface area contributed by atoms with E-state index in [4.69, 9.17) is 9.47 Å². The fraction of sp³-hybridized carbons (Fsp3) is 1.00. The molecule has 0 heterocycles. The van der Waals surface area contributed by atoms with Gasteiger partial charge in [0.25, 0.3) is 0 Å². The molecular weight excluding hydrogens is 238 g/mol. The molecule has 0 unspecified atom stereocenters. The molecule has 1 saturated carbocycles. The average molecular weight is 271 g/mol. The van der Waals surface area contributed by atoms with E-state index in [0.717, 1.165) is 25.7 Å². The van der Waals surface area contributed by atoms with Gasteiger partial charge >= 0.3 is 0 Å². The molecule has 0 radical (unpaired) electrons. The zero-order valence-corrected chi connectivity index (χ0v) is 13.2. The summed E-state index contributed by atoms with van der Waals surface area (Å²) < 4.78 is 10.7. The summed E-state index contributed by atoms with van der Waals surface area (Å²) in [5.41, 5.74) is 0.486. The predicted octanol–water partition coefficient (Wildman–Crippen LogP) is 3.24. The maximum absolute atomic E-state index is 5.68. The number of hydrogen-bond donors (Lipinski definition) is 1. The lowest BCUT2D eigenvalue weighted by Gasteiger charge is -2.38. The van der Waals surface area contributed by atoms with Gasteiger partial charge in [-0.3, -0.25) is 0 Å². The summed E-state index contributed by atoms with van der Waals surface area (Å²) in [4.78, 5) is 0. The molecule has 3 nitrogen and oxygen atoms in total. The van der Waals surface area contributed by atoms with Gasteiger partial charge in [0, 0.05) is 20.3 Å². The van der Waals surface area contributed by atoms with Gasteiger partial charge in [0.05, 0.1) is 13.2 Å². The Morgan fingerprint density at radius 1 is 1.05 bits per heavy atom. The molecule has 1 rings (SSSR count). The van der Waals surface area contributed by atoms with Crippen molar-refractivity contribution in [2.75, 3.05) is 40.0 Å². The molecule has 0 aromatic rings. The maximum atomic E-state index is 5.68. The molecule has 0 aromatic carbocycles. The number of rotatable bonds is 10. The Balaban J connectivity index is 2.28. The van der Waals surface area contributed by atoms with E-state index in [9.17, 15) is 0 Å². The van der Waals surface area contributed by atoms with E-state index in [2.05, 4.69) is 19.2 Å². The highest BCUT2D eigenvalue weighted by atomic mass is 16.5. The summed E-state index contributed by atoms with van der Waals surface area (Å²) in [6.07, 6.45) is 8.12. The van der Waals surface area contributed by atoms with Crippen LogP contribution in [0.1, 0.15) is 52.4 Å². The summed E-state index contributed by atoms with van der Waals surface area (Å²) in [6, 6.07) is 0. The van der Waals surface area contributed by atoms with Crippen LogP contribution in [0, 0.1) is 11.3 Å². The van der Waals surface area contributed by atoms with E-state index in [1.165, 1.54) is 45.1 Å². The summed E-state index contributed by atoms with van der Waals surface area (Å²) in [6.45, 7) is 9.16. The van der Waals surface area contributed by atoms with Crippen LogP contribution in [0.15, 0.2) is 0 Å². The highest BCUT2D eigenvalue weighted by Gasteiger charge is 2.31. The molecule has 114 valence electrons. The summed E-state index contributed by atoms with van der Waals surface area (Å²) in [5, 5.41) is 3.67. The van der Waals surface area contributed by atoms with Gasteiger partial charge in [-0.2, -0.15) is 0 Å². The number of methoxy groups -OCH3 is 1. The minimum Gasteiger partial charge on any atom is -0.382 e. The van der Waals surface area contributed by atoms with E-state index < -0.39 is 0 Å². The Morgan fingerprint density at radius 2 is 1.79 bits per heavy atom. The van der Waals surface area contributed by atoms with Crippen molar-refractivity contribution >= 4 is 0 Å². The van der Waals surface area contributed by atoms with Gasteiger partial charge in [-0.25, -0.2) is 0 Å². The lowest BCUT2D eigenvalue weighted by atomic mass is 9.72. The Bertz CT molecular complexity index is 213. The molecule has 1 aliphatic carbocycles. The van der Waals surface area contributed by atoms with E-state index in [1.807, 2.05) is 0 Å². The summed E-state index contributed by atoms with van der Waals surface area (Å²) in [5.74, 6) is 0.735. The van der Waals surface area contributed by atoms with Crippen LogP contribution < -0.4 is 5.32 Å². The molecule has 1 fully saturated rings. The van der Waals surface area contributed by atoms with E-state index in [1.54, 1.807) is 7.11 Å². The molecule has 1 N–H and O–H groups in total. The van der Waals surface area contributed by atoms with E-state index in [-0.39, 0.29) is 0 Å². The zero-order chi connectivity index (χ0) is 14.0. The second-order valence-corrected chi connectivity index (χ2v) is 6.44. The molecule has 0 spiro atoms. The van der Waals surface area contributed by atoms with Crippen LogP contribution in [0.4, 0.5) is 0 Å². The first-order chi connectivity index (χ1) is 9.18. The largest absolute Gasteiger partial charge is 0.382 e. The monoisotopic (exact) mass is 271 g/mol. The van der Waals surface area contributed by atoms with Gasteiger partial charge in [0.2, 0.25) is 0 Å². The first-order valence-corrected chi connectivity index (χ1v) is 7.96. The normalized spacial score (nSPS) is 18.9. The van der Waals surface area contributed by atoms with E-state index in [0.29, 0.717) is 12.0 Å². The Hall–Kier alpha value is -0.120. The summed E-state index contributed by atoms with van der Waals surface area (Å²) >= 11 is 0. The van der Waals surface area contributed by atoms with Crippen LogP contribution in [0.3, 0.4) is 0 Å². The fourth-order valence-electron chi connectivity index (χ4n) is 2.98. The minimum absolute atomic E-state index is 0.486. The van der Waals surface area contributed by atoms with Crippen molar-refractivity contribution in [1.29, 1.82) is 0 Å². The van der Waals surface area contributed by atoms with Crippen LogP contribution in [-0.4, -0.2) is 40.0 Å². The SMILES string of the molecule is COCCOCCC1(CNCC(C)C)CCCCC1. The maximum Gasteiger partial charge on any atom is 0.0700 e. The number of ether oxygens (including phenoxy) is 2. The van der Waals surface area contributed by atoms with Gasteiger partial charge < -0.3 is 14.8 Å². The van der Waals surface area contributed by atoms with Crippen molar-refractivity contribution in [2.45, 2.75) is 52.4 Å². The minimum atomic E-state index is 0.486. The second kappa shape index (κ2) is 9.73. The van der Waals surface area contributed by atoms with Crippen molar-refractivity contribution in [3.8, 4) is 0 Å². The molecule has 1 aliphatic rings. The Labute approximate surface area is 119 Å². The van der Waals surface area contributed by atoms with Crippen LogP contribution in [0.25, 0.3) is 0 Å². The van der Waals surface area contributed by atoms with Gasteiger partial charge in [-0.05, 0) is 37.1 Å². The highest BCUT2D eigenvalue weighted by Crippen LogP contribution is 2.38. The molecule has 0 amide bonds. The molecule has 0 aliphatic heterocycles. The van der Waals surface area contributed by atoms with Crippen LogP contribution in [0.5, 0.6) is 0 Å². The van der Waals surface area contributed by atoms with Gasteiger partial charge in [-0.1, -0.05) is 33.1 Å². The van der Waals surface area contributed by atoms with Crippen LogP contribution in [0.2, 0.25) is 0 Å². The standard InChI is InChI=1S/C16H33NO2/c1-15(2)13-17-14-16(7-5-4-6-8-16)9-10-19-12-11-18-3/h15,17H,4-14H2,1-3H3. The van der Waals surface area contributed by atoms with Gasteiger partial charge in [-0.15, -0.1) is 0 Å². The van der Waals surface area contributed by atoms with Gasteiger partial charge in [0.15, 0.2) is 0 Å². The molecule has 0 bridgehead atoms. The molecule has 0 saturated heterocycles. The third-order valence-electron chi connectivity index (χ3n) is 4.18. The smallest absolute Gasteiger partial charge is 0.0700 e. The lowest BCUT2D eigenvalue weighted by molar-refractivity contribution is 0.0412. The lowest BCUT2D eigenvalue weighted by Crippen LogP contribution is -2.38. The van der Waals surface area contributed by atoms with Gasteiger partial charge in [0.1, 0.15) is 0 Å². The number of hydrogen-bond acceptors (Lipinski definition) is 3. The third kappa shape index (κ3) is 7.28. The first-order valence-electron chi connectivity index (χ1n) is 7.96.